The highest BCUT2D eigenvalue weighted by Gasteiger charge is 2.31. The van der Waals surface area contributed by atoms with Gasteiger partial charge in [0.2, 0.25) is 5.91 Å². The molecule has 35 heavy (non-hydrogen) atoms. The molecule has 2 aromatic carbocycles. The molecule has 0 radical (unpaired) electrons. The fourth-order valence-electron chi connectivity index (χ4n) is 4.05. The number of amides is 3. The molecular weight excluding hydrogens is 468 g/mol. The number of urea groups is 1. The maximum Gasteiger partial charge on any atom is 0.325 e. The van der Waals surface area contributed by atoms with E-state index in [0.717, 1.165) is 35.1 Å². The van der Waals surface area contributed by atoms with Crippen molar-refractivity contribution in [3.8, 4) is 22.9 Å². The summed E-state index contributed by atoms with van der Waals surface area (Å²) in [5.74, 6) is 1.57. The number of nitrogens with one attached hydrogen (secondary N) is 3. The van der Waals surface area contributed by atoms with Gasteiger partial charge in [0.15, 0.2) is 22.5 Å². The van der Waals surface area contributed by atoms with Gasteiger partial charge in [0.1, 0.15) is 13.2 Å². The van der Waals surface area contributed by atoms with Crippen LogP contribution in [0, 0.1) is 0 Å². The number of hydrogen-bond acceptors (Lipinski definition) is 7. The zero-order valence-corrected chi connectivity index (χ0v) is 19.4. The first-order valence-corrected chi connectivity index (χ1v) is 12.3. The third kappa shape index (κ3) is 4.42. The van der Waals surface area contributed by atoms with Crippen LogP contribution in [0.15, 0.2) is 53.8 Å². The molecule has 0 unspecified atom stereocenters. The van der Waals surface area contributed by atoms with Crippen LogP contribution in [-0.2, 0) is 4.79 Å². The van der Waals surface area contributed by atoms with Crippen molar-refractivity contribution in [3.05, 3.63) is 48.7 Å². The Morgan fingerprint density at radius 2 is 1.91 bits per heavy atom. The van der Waals surface area contributed by atoms with Gasteiger partial charge in [0, 0.05) is 40.5 Å². The lowest BCUT2D eigenvalue weighted by Crippen LogP contribution is -2.35. The number of ether oxygens (including phenoxy) is 2. The summed E-state index contributed by atoms with van der Waals surface area (Å²) in [5, 5.41) is 15.5. The summed E-state index contributed by atoms with van der Waals surface area (Å²) in [6, 6.07) is 12.8. The first kappa shape index (κ1) is 21.5. The van der Waals surface area contributed by atoms with Gasteiger partial charge in [-0.25, -0.2) is 4.79 Å². The van der Waals surface area contributed by atoms with Crippen molar-refractivity contribution in [2.24, 2.45) is 0 Å². The largest absolute Gasteiger partial charge is 0.486 e. The standard InChI is InChI=1S/C24H22N6O4S/c31-21(27-23(32)26-14-5-8-19-20(11-14)34-10-9-33-19)13-35-24-29-28-22(30(24)15-6-7-15)17-12-25-18-4-2-1-3-16(17)18/h1-5,8,11-12,15,25H,6-7,9-10,13H2,(H2,26,27,31,32). The molecule has 1 aliphatic carbocycles. The van der Waals surface area contributed by atoms with E-state index in [-0.39, 0.29) is 5.75 Å². The Labute approximate surface area is 204 Å². The predicted octanol–water partition coefficient (Wildman–Crippen LogP) is 3.97. The number of hydrogen-bond donors (Lipinski definition) is 3. The summed E-state index contributed by atoms with van der Waals surface area (Å²) in [4.78, 5) is 28.0. The highest BCUT2D eigenvalue weighted by Crippen LogP contribution is 2.42. The Morgan fingerprint density at radius 1 is 1.09 bits per heavy atom. The predicted molar refractivity (Wildman–Crippen MR) is 131 cm³/mol. The van der Waals surface area contributed by atoms with E-state index in [0.29, 0.717) is 41.6 Å². The number of fused-ring (bicyclic) bond motifs is 2. The number of aromatic amines is 1. The van der Waals surface area contributed by atoms with E-state index in [1.807, 2.05) is 30.5 Å². The molecule has 3 N–H and O–H groups in total. The van der Waals surface area contributed by atoms with Gasteiger partial charge in [0.05, 0.1) is 5.75 Å². The van der Waals surface area contributed by atoms with Gasteiger partial charge in [-0.05, 0) is 31.0 Å². The average molecular weight is 491 g/mol. The summed E-state index contributed by atoms with van der Waals surface area (Å²) in [6.07, 6.45) is 4.03. The number of imide groups is 1. The van der Waals surface area contributed by atoms with Crippen LogP contribution >= 0.6 is 11.8 Å². The maximum atomic E-state index is 12.5. The minimum Gasteiger partial charge on any atom is -0.486 e. The van der Waals surface area contributed by atoms with Gasteiger partial charge in [-0.2, -0.15) is 0 Å². The van der Waals surface area contributed by atoms with Crippen LogP contribution in [0.2, 0.25) is 0 Å². The molecule has 11 heteroatoms. The van der Waals surface area contributed by atoms with Crippen molar-refractivity contribution >= 4 is 40.3 Å². The van der Waals surface area contributed by atoms with Crippen molar-refractivity contribution in [1.29, 1.82) is 0 Å². The van der Waals surface area contributed by atoms with E-state index < -0.39 is 11.9 Å². The number of H-pyrrole nitrogens is 1. The Balaban J connectivity index is 1.11. The number of rotatable bonds is 6. The molecular formula is C24H22N6O4S. The molecule has 0 bridgehead atoms. The fourth-order valence-corrected chi connectivity index (χ4v) is 4.86. The Kier molecular flexibility index (Phi) is 5.53. The highest BCUT2D eigenvalue weighted by atomic mass is 32.2. The lowest BCUT2D eigenvalue weighted by atomic mass is 10.1. The molecule has 2 aliphatic rings. The van der Waals surface area contributed by atoms with Crippen LogP contribution in [-0.4, -0.2) is 50.7 Å². The molecule has 6 rings (SSSR count). The van der Waals surface area contributed by atoms with Crippen LogP contribution in [0.1, 0.15) is 18.9 Å². The first-order valence-electron chi connectivity index (χ1n) is 11.3. The second kappa shape index (κ2) is 8.99. The zero-order valence-electron chi connectivity index (χ0n) is 18.6. The van der Waals surface area contributed by atoms with Gasteiger partial charge in [0.25, 0.3) is 0 Å². The number of anilines is 1. The van der Waals surface area contributed by atoms with Gasteiger partial charge in [-0.1, -0.05) is 30.0 Å². The summed E-state index contributed by atoms with van der Waals surface area (Å²) >= 11 is 1.26. The summed E-state index contributed by atoms with van der Waals surface area (Å²) < 4.78 is 13.1. The minimum absolute atomic E-state index is 0.0350. The highest BCUT2D eigenvalue weighted by molar-refractivity contribution is 7.99. The second-order valence-electron chi connectivity index (χ2n) is 8.30. The van der Waals surface area contributed by atoms with Gasteiger partial charge < -0.3 is 19.8 Å². The van der Waals surface area contributed by atoms with Crippen molar-refractivity contribution in [2.75, 3.05) is 24.3 Å². The Hall–Kier alpha value is -3.99. The molecule has 178 valence electrons. The third-order valence-corrected chi connectivity index (χ3v) is 6.74. The van der Waals surface area contributed by atoms with E-state index in [4.69, 9.17) is 9.47 Å². The lowest BCUT2D eigenvalue weighted by Gasteiger charge is -2.19. The van der Waals surface area contributed by atoms with E-state index in [2.05, 4.69) is 30.4 Å². The lowest BCUT2D eigenvalue weighted by molar-refractivity contribution is -0.117. The molecule has 4 aromatic rings. The summed E-state index contributed by atoms with van der Waals surface area (Å²) in [5.41, 5.74) is 2.52. The first-order chi connectivity index (χ1) is 17.2. The molecule has 1 saturated carbocycles. The minimum atomic E-state index is -0.615. The van der Waals surface area contributed by atoms with Crippen LogP contribution in [0.25, 0.3) is 22.3 Å². The smallest absolute Gasteiger partial charge is 0.325 e. The monoisotopic (exact) mass is 490 g/mol. The van der Waals surface area contributed by atoms with E-state index in [9.17, 15) is 9.59 Å². The van der Waals surface area contributed by atoms with Crippen molar-refractivity contribution in [3.63, 3.8) is 0 Å². The summed E-state index contributed by atoms with van der Waals surface area (Å²) in [7, 11) is 0. The van der Waals surface area contributed by atoms with Crippen molar-refractivity contribution < 1.29 is 19.1 Å². The van der Waals surface area contributed by atoms with Crippen molar-refractivity contribution in [1.82, 2.24) is 25.1 Å². The average Bonchev–Trinajstić information content (AvgIpc) is 3.48. The van der Waals surface area contributed by atoms with Gasteiger partial charge in [-0.3, -0.25) is 14.7 Å². The molecule has 0 atom stereocenters. The van der Waals surface area contributed by atoms with Gasteiger partial charge >= 0.3 is 6.03 Å². The molecule has 3 amide bonds. The van der Waals surface area contributed by atoms with E-state index >= 15 is 0 Å². The molecule has 10 nitrogen and oxygen atoms in total. The van der Waals surface area contributed by atoms with Crippen LogP contribution in [0.3, 0.4) is 0 Å². The number of carbonyl (C=O) groups is 2. The second-order valence-corrected chi connectivity index (χ2v) is 9.25. The Bertz CT molecular complexity index is 1430. The van der Waals surface area contributed by atoms with Crippen LogP contribution in [0.4, 0.5) is 10.5 Å². The maximum absolute atomic E-state index is 12.5. The van der Waals surface area contributed by atoms with Crippen LogP contribution in [0.5, 0.6) is 11.5 Å². The van der Waals surface area contributed by atoms with E-state index in [1.54, 1.807) is 18.2 Å². The number of nitrogens with zero attached hydrogens (tertiary/aromatic N) is 3. The van der Waals surface area contributed by atoms with Crippen molar-refractivity contribution in [2.45, 2.75) is 24.0 Å². The molecule has 0 spiro atoms. The van der Waals surface area contributed by atoms with E-state index in [1.165, 1.54) is 11.8 Å². The number of thioether (sulfide) groups is 1. The number of carbonyl (C=O) groups excluding carboxylic acids is 2. The molecule has 2 aromatic heterocycles. The topological polar surface area (TPSA) is 123 Å². The number of aromatic nitrogens is 4. The molecule has 3 heterocycles. The van der Waals surface area contributed by atoms with Gasteiger partial charge in [-0.15, -0.1) is 10.2 Å². The fraction of sp³-hybridized carbons (Fsp3) is 0.250. The van der Waals surface area contributed by atoms with Crippen LogP contribution < -0.4 is 20.1 Å². The quantitative estimate of drug-likeness (QED) is 0.350. The normalized spacial score (nSPS) is 14.6. The molecule has 0 saturated heterocycles. The summed E-state index contributed by atoms with van der Waals surface area (Å²) in [6.45, 7) is 0.941. The number of benzene rings is 2. The number of para-hydroxylation sites is 1. The zero-order chi connectivity index (χ0) is 23.8. The molecule has 1 fully saturated rings. The molecule has 1 aliphatic heterocycles. The third-order valence-electron chi connectivity index (χ3n) is 5.79. The SMILES string of the molecule is O=C(CSc1nnc(-c2c[nH]c3ccccc23)n1C1CC1)NC(=O)Nc1ccc2c(c1)OCCO2. The Morgan fingerprint density at radius 3 is 2.77 bits per heavy atom.